The Morgan fingerprint density at radius 2 is 1.58 bits per heavy atom. The molecule has 136 valence electrons. The first-order valence-corrected chi connectivity index (χ1v) is 8.87. The number of benzene rings is 1. The third kappa shape index (κ3) is 3.70. The van der Waals surface area contributed by atoms with Crippen molar-refractivity contribution < 1.29 is 24.2 Å². The number of carboxylic acids is 1. The van der Waals surface area contributed by atoms with Gasteiger partial charge in [0.2, 0.25) is 0 Å². The first-order chi connectivity index (χ1) is 12.5. The molecular formula is C18H18N2O5S. The van der Waals surface area contributed by atoms with Crippen LogP contribution in [0.4, 0.5) is 0 Å². The normalized spacial score (nSPS) is 14.2. The van der Waals surface area contributed by atoms with E-state index in [-0.39, 0.29) is 16.7 Å². The van der Waals surface area contributed by atoms with Gasteiger partial charge in [0.25, 0.3) is 11.8 Å². The van der Waals surface area contributed by atoms with Gasteiger partial charge in [-0.3, -0.25) is 9.59 Å². The number of hydrogen-bond acceptors (Lipinski definition) is 5. The van der Waals surface area contributed by atoms with E-state index in [1.165, 1.54) is 12.1 Å². The van der Waals surface area contributed by atoms with Crippen LogP contribution in [-0.4, -0.2) is 66.0 Å². The Morgan fingerprint density at radius 1 is 0.962 bits per heavy atom. The van der Waals surface area contributed by atoms with E-state index in [1.54, 1.807) is 41.2 Å². The second-order valence-electron chi connectivity index (χ2n) is 5.79. The Balaban J connectivity index is 1.62. The average molecular weight is 374 g/mol. The van der Waals surface area contributed by atoms with Crippen LogP contribution < -0.4 is 4.74 Å². The minimum atomic E-state index is -1.04. The van der Waals surface area contributed by atoms with Gasteiger partial charge in [-0.2, -0.15) is 0 Å². The summed E-state index contributed by atoms with van der Waals surface area (Å²) in [5, 5.41) is 8.96. The van der Waals surface area contributed by atoms with Crippen molar-refractivity contribution in [3.05, 3.63) is 51.7 Å². The highest BCUT2D eigenvalue weighted by Crippen LogP contribution is 2.20. The number of hydrogen-bond donors (Lipinski definition) is 1. The predicted molar refractivity (Wildman–Crippen MR) is 96.1 cm³/mol. The summed E-state index contributed by atoms with van der Waals surface area (Å²) in [6, 6.07) is 9.94. The average Bonchev–Trinajstić information content (AvgIpc) is 3.17. The number of thiophene rings is 1. The molecule has 0 aliphatic carbocycles. The molecule has 2 aromatic rings. The van der Waals surface area contributed by atoms with Crippen LogP contribution in [0.2, 0.25) is 0 Å². The van der Waals surface area contributed by atoms with Crippen molar-refractivity contribution in [2.24, 2.45) is 0 Å². The fourth-order valence-electron chi connectivity index (χ4n) is 2.77. The van der Waals surface area contributed by atoms with Gasteiger partial charge in [-0.05, 0) is 30.3 Å². The van der Waals surface area contributed by atoms with Gasteiger partial charge in [0.1, 0.15) is 10.6 Å². The number of amides is 2. The number of nitrogens with zero attached hydrogens (tertiary/aromatic N) is 2. The van der Waals surface area contributed by atoms with E-state index in [0.29, 0.717) is 42.4 Å². The van der Waals surface area contributed by atoms with E-state index in [4.69, 9.17) is 9.84 Å². The zero-order valence-corrected chi connectivity index (χ0v) is 15.0. The second-order valence-corrected chi connectivity index (χ2v) is 6.87. The molecule has 0 radical (unpaired) electrons. The highest BCUT2D eigenvalue weighted by molar-refractivity contribution is 7.15. The van der Waals surface area contributed by atoms with Crippen molar-refractivity contribution in [2.75, 3.05) is 33.3 Å². The number of methoxy groups -OCH3 is 1. The van der Waals surface area contributed by atoms with E-state index < -0.39 is 5.97 Å². The second kappa shape index (κ2) is 7.57. The summed E-state index contributed by atoms with van der Waals surface area (Å²) in [7, 11) is 1.55. The standard InChI is InChI=1S/C18H18N2O5S/c1-25-13-4-2-3-12(11-13)16(21)19-7-9-20(10-8-19)17(22)14-5-6-15(26-14)18(23)24/h2-6,11H,7-10H2,1H3,(H,23,24). The number of aromatic carboxylic acids is 1. The van der Waals surface area contributed by atoms with E-state index >= 15 is 0 Å². The first-order valence-electron chi connectivity index (χ1n) is 8.05. The summed E-state index contributed by atoms with van der Waals surface area (Å²) >= 11 is 0.966. The van der Waals surface area contributed by atoms with E-state index in [2.05, 4.69) is 0 Å². The molecule has 8 heteroatoms. The number of carboxylic acid groups (broad SMARTS) is 1. The molecule has 0 unspecified atom stereocenters. The zero-order chi connectivity index (χ0) is 18.7. The number of ether oxygens (including phenoxy) is 1. The monoisotopic (exact) mass is 374 g/mol. The zero-order valence-electron chi connectivity index (χ0n) is 14.2. The number of rotatable bonds is 4. The molecule has 0 saturated carbocycles. The van der Waals surface area contributed by atoms with Crippen molar-refractivity contribution in [1.29, 1.82) is 0 Å². The molecule has 1 N–H and O–H groups in total. The molecular weight excluding hydrogens is 356 g/mol. The molecule has 2 heterocycles. The summed E-state index contributed by atoms with van der Waals surface area (Å²) in [5.74, 6) is -0.712. The van der Waals surface area contributed by atoms with Crippen LogP contribution in [0.5, 0.6) is 5.75 Å². The van der Waals surface area contributed by atoms with E-state index in [0.717, 1.165) is 11.3 Å². The van der Waals surface area contributed by atoms with Crippen molar-refractivity contribution in [3.63, 3.8) is 0 Å². The van der Waals surface area contributed by atoms with Crippen LogP contribution in [0.3, 0.4) is 0 Å². The van der Waals surface area contributed by atoms with Crippen LogP contribution in [0, 0.1) is 0 Å². The quantitative estimate of drug-likeness (QED) is 0.885. The molecule has 26 heavy (non-hydrogen) atoms. The Kier molecular flexibility index (Phi) is 5.22. The maximum Gasteiger partial charge on any atom is 0.345 e. The Hall–Kier alpha value is -2.87. The van der Waals surface area contributed by atoms with Crippen molar-refractivity contribution in [1.82, 2.24) is 9.80 Å². The fourth-order valence-corrected chi connectivity index (χ4v) is 3.59. The summed E-state index contributed by atoms with van der Waals surface area (Å²) in [6.07, 6.45) is 0. The maximum absolute atomic E-state index is 12.6. The lowest BCUT2D eigenvalue weighted by molar-refractivity contribution is 0.0538. The molecule has 1 aliphatic heterocycles. The molecule has 2 amide bonds. The van der Waals surface area contributed by atoms with Gasteiger partial charge in [-0.1, -0.05) is 6.07 Å². The molecule has 1 aromatic heterocycles. The Bertz CT molecular complexity index is 840. The number of carbonyl (C=O) groups is 3. The van der Waals surface area contributed by atoms with Crippen molar-refractivity contribution in [2.45, 2.75) is 0 Å². The van der Waals surface area contributed by atoms with Gasteiger partial charge >= 0.3 is 5.97 Å². The summed E-state index contributed by atoms with van der Waals surface area (Å²) in [6.45, 7) is 1.68. The first kappa shape index (κ1) is 17.9. The lowest BCUT2D eigenvalue weighted by atomic mass is 10.1. The summed E-state index contributed by atoms with van der Waals surface area (Å²) in [4.78, 5) is 39.9. The number of carbonyl (C=O) groups excluding carboxylic acids is 2. The third-order valence-electron chi connectivity index (χ3n) is 4.20. The molecule has 0 atom stereocenters. The van der Waals surface area contributed by atoms with Crippen LogP contribution >= 0.6 is 11.3 Å². The molecule has 1 fully saturated rings. The minimum absolute atomic E-state index is 0.0970. The van der Waals surface area contributed by atoms with Gasteiger partial charge in [-0.15, -0.1) is 11.3 Å². The third-order valence-corrected chi connectivity index (χ3v) is 5.26. The molecule has 3 rings (SSSR count). The topological polar surface area (TPSA) is 87.2 Å². The molecule has 0 spiro atoms. The molecule has 7 nitrogen and oxygen atoms in total. The summed E-state index contributed by atoms with van der Waals surface area (Å²) < 4.78 is 5.14. The van der Waals surface area contributed by atoms with Crippen LogP contribution in [0.25, 0.3) is 0 Å². The van der Waals surface area contributed by atoms with E-state index in [9.17, 15) is 14.4 Å². The SMILES string of the molecule is COc1cccc(C(=O)N2CCN(C(=O)c3ccc(C(=O)O)s3)CC2)c1. The fraction of sp³-hybridized carbons (Fsp3) is 0.278. The van der Waals surface area contributed by atoms with Gasteiger partial charge < -0.3 is 19.6 Å². The van der Waals surface area contributed by atoms with Gasteiger partial charge in [-0.25, -0.2) is 4.79 Å². The molecule has 1 aliphatic rings. The van der Waals surface area contributed by atoms with Gasteiger partial charge in [0, 0.05) is 31.7 Å². The largest absolute Gasteiger partial charge is 0.497 e. The number of piperazine rings is 1. The lowest BCUT2D eigenvalue weighted by Crippen LogP contribution is -2.50. The molecule has 0 bridgehead atoms. The van der Waals surface area contributed by atoms with Crippen molar-refractivity contribution >= 4 is 29.1 Å². The predicted octanol–water partition coefficient (Wildman–Crippen LogP) is 2.05. The highest BCUT2D eigenvalue weighted by atomic mass is 32.1. The summed E-state index contributed by atoms with van der Waals surface area (Å²) in [5.41, 5.74) is 0.550. The van der Waals surface area contributed by atoms with Crippen LogP contribution in [-0.2, 0) is 0 Å². The lowest BCUT2D eigenvalue weighted by Gasteiger charge is -2.34. The van der Waals surface area contributed by atoms with Crippen LogP contribution in [0.1, 0.15) is 29.7 Å². The smallest absolute Gasteiger partial charge is 0.345 e. The Labute approximate surface area is 154 Å². The molecule has 1 saturated heterocycles. The maximum atomic E-state index is 12.6. The highest BCUT2D eigenvalue weighted by Gasteiger charge is 2.26. The molecule has 1 aromatic carbocycles. The van der Waals surface area contributed by atoms with Crippen LogP contribution in [0.15, 0.2) is 36.4 Å². The van der Waals surface area contributed by atoms with E-state index in [1.807, 2.05) is 0 Å². The van der Waals surface area contributed by atoms with Gasteiger partial charge in [0.15, 0.2) is 0 Å². The van der Waals surface area contributed by atoms with Crippen molar-refractivity contribution in [3.8, 4) is 5.75 Å². The van der Waals surface area contributed by atoms with Gasteiger partial charge in [0.05, 0.1) is 12.0 Å². The Morgan fingerprint density at radius 3 is 2.15 bits per heavy atom. The minimum Gasteiger partial charge on any atom is -0.497 e.